The minimum absolute atomic E-state index is 0.135. The molecule has 0 amide bonds. The number of hydrogen-bond donors (Lipinski definition) is 0. The van der Waals surface area contributed by atoms with Gasteiger partial charge >= 0.3 is 5.97 Å². The zero-order valence-corrected chi connectivity index (χ0v) is 6.42. The van der Waals surface area contributed by atoms with Crippen LogP contribution in [0.2, 0.25) is 0 Å². The van der Waals surface area contributed by atoms with Crippen LogP contribution in [0, 0.1) is 0 Å². The summed E-state index contributed by atoms with van der Waals surface area (Å²) >= 11 is 0. The van der Waals surface area contributed by atoms with Crippen molar-refractivity contribution in [2.75, 3.05) is 6.61 Å². The van der Waals surface area contributed by atoms with E-state index in [0.717, 1.165) is 0 Å². The first-order chi connectivity index (χ1) is 5.16. The van der Waals surface area contributed by atoms with Gasteiger partial charge in [0.1, 0.15) is 18.8 Å². The highest BCUT2D eigenvalue weighted by molar-refractivity contribution is 5.94. The average Bonchev–Trinajstić information content (AvgIpc) is 1.86. The molecule has 0 saturated carbocycles. The Balaban J connectivity index is 3.53. The lowest BCUT2D eigenvalue weighted by atomic mass is 10.3. The van der Waals surface area contributed by atoms with Gasteiger partial charge in [-0.15, -0.1) is 5.73 Å². The van der Waals surface area contributed by atoms with E-state index < -0.39 is 5.97 Å². The second-order valence-corrected chi connectivity index (χ2v) is 1.97. The van der Waals surface area contributed by atoms with Gasteiger partial charge in [0.15, 0.2) is 0 Å². The third-order valence-corrected chi connectivity index (χ3v) is 0.865. The smallest absolute Gasteiger partial charge is 0.313 e. The number of hydrogen-bond acceptors (Lipinski definition) is 3. The molecule has 0 N–H and O–H groups in total. The molecular weight excluding hydrogens is 144 g/mol. The maximum atomic E-state index is 10.6. The number of rotatable bonds is 4. The van der Waals surface area contributed by atoms with Gasteiger partial charge in [0.05, 0.1) is 0 Å². The normalized spacial score (nSPS) is 8.09. The molecule has 0 fully saturated rings. The highest BCUT2D eigenvalue weighted by Crippen LogP contribution is 1.87. The van der Waals surface area contributed by atoms with Gasteiger partial charge in [0.2, 0.25) is 0 Å². The van der Waals surface area contributed by atoms with Gasteiger partial charge < -0.3 is 4.74 Å². The van der Waals surface area contributed by atoms with Crippen LogP contribution < -0.4 is 0 Å². The molecular formula is C8H10O3. The molecule has 0 spiro atoms. The monoisotopic (exact) mass is 154 g/mol. The molecule has 3 nitrogen and oxygen atoms in total. The van der Waals surface area contributed by atoms with E-state index in [0.29, 0.717) is 0 Å². The van der Waals surface area contributed by atoms with Crippen molar-refractivity contribution in [3.05, 3.63) is 18.4 Å². The van der Waals surface area contributed by atoms with Crippen LogP contribution in [0.25, 0.3) is 0 Å². The van der Waals surface area contributed by atoms with Gasteiger partial charge in [0, 0.05) is 0 Å². The third-order valence-electron chi connectivity index (χ3n) is 0.865. The first kappa shape index (κ1) is 9.66. The largest absolute Gasteiger partial charge is 0.460 e. The Hall–Kier alpha value is -1.34. The Morgan fingerprint density at radius 1 is 1.64 bits per heavy atom. The second-order valence-electron chi connectivity index (χ2n) is 1.97. The van der Waals surface area contributed by atoms with Gasteiger partial charge in [-0.2, -0.15) is 0 Å². The summed E-state index contributed by atoms with van der Waals surface area (Å²) in [4.78, 5) is 21.0. The van der Waals surface area contributed by atoms with E-state index in [2.05, 4.69) is 17.0 Å². The molecule has 0 atom stereocenters. The molecule has 0 aromatic carbocycles. The summed E-state index contributed by atoms with van der Waals surface area (Å²) in [5, 5.41) is 0. The van der Waals surface area contributed by atoms with Crippen molar-refractivity contribution in [1.29, 1.82) is 0 Å². The lowest BCUT2D eigenvalue weighted by molar-refractivity contribution is -0.144. The van der Waals surface area contributed by atoms with Crippen molar-refractivity contribution in [3.8, 4) is 0 Å². The zero-order chi connectivity index (χ0) is 8.69. The Labute approximate surface area is 65.4 Å². The van der Waals surface area contributed by atoms with Crippen LogP contribution in [-0.4, -0.2) is 18.4 Å². The van der Waals surface area contributed by atoms with E-state index >= 15 is 0 Å². The predicted octanol–water partition coefficient (Wildman–Crippen LogP) is 0.850. The Bertz CT molecular complexity index is 199. The highest BCUT2D eigenvalue weighted by Gasteiger charge is 2.03. The molecule has 11 heavy (non-hydrogen) atoms. The summed E-state index contributed by atoms with van der Waals surface area (Å²) < 4.78 is 4.58. The van der Waals surface area contributed by atoms with E-state index in [1.807, 2.05) is 0 Å². The van der Waals surface area contributed by atoms with Crippen LogP contribution in [0.3, 0.4) is 0 Å². The average molecular weight is 154 g/mol. The fraction of sp³-hybridized carbons (Fsp3) is 0.375. The van der Waals surface area contributed by atoms with Gasteiger partial charge in [-0.25, -0.2) is 0 Å². The molecule has 3 heteroatoms. The summed E-state index contributed by atoms with van der Waals surface area (Å²) in [5.74, 6) is -0.707. The van der Waals surface area contributed by atoms with Crippen molar-refractivity contribution in [2.45, 2.75) is 13.3 Å². The number of carbonyl (C=O) groups excluding carboxylic acids is 2. The van der Waals surface area contributed by atoms with Crippen molar-refractivity contribution < 1.29 is 14.3 Å². The van der Waals surface area contributed by atoms with Crippen LogP contribution in [0.4, 0.5) is 0 Å². The second kappa shape index (κ2) is 5.45. The molecule has 0 rings (SSSR count). The minimum atomic E-state index is -0.510. The molecule has 0 aliphatic carbocycles. The summed E-state index contributed by atoms with van der Waals surface area (Å²) in [6.45, 7) is 4.75. The summed E-state index contributed by atoms with van der Waals surface area (Å²) in [6, 6.07) is 0. The Morgan fingerprint density at radius 3 is 2.73 bits per heavy atom. The molecule has 0 aromatic heterocycles. The van der Waals surface area contributed by atoms with E-state index in [-0.39, 0.29) is 18.8 Å². The first-order valence-electron chi connectivity index (χ1n) is 3.16. The minimum Gasteiger partial charge on any atom is -0.460 e. The van der Waals surface area contributed by atoms with Crippen LogP contribution in [0.15, 0.2) is 18.4 Å². The molecule has 0 aliphatic heterocycles. The number of Topliss-reactive ketones (excluding diaryl/α,β-unsaturated/α-hetero) is 1. The van der Waals surface area contributed by atoms with Crippen molar-refractivity contribution in [3.63, 3.8) is 0 Å². The molecule has 0 unspecified atom stereocenters. The topological polar surface area (TPSA) is 43.4 Å². The lowest BCUT2D eigenvalue weighted by Gasteiger charge is -1.96. The fourth-order valence-corrected chi connectivity index (χ4v) is 0.448. The van der Waals surface area contributed by atoms with Crippen molar-refractivity contribution in [1.82, 2.24) is 0 Å². The van der Waals surface area contributed by atoms with Crippen molar-refractivity contribution in [2.24, 2.45) is 0 Å². The zero-order valence-electron chi connectivity index (χ0n) is 6.42. The number of carbonyl (C=O) groups is 2. The van der Waals surface area contributed by atoms with E-state index in [9.17, 15) is 9.59 Å². The standard InChI is InChI=1S/C8H10O3/c1-3-4-5-11-8(10)6-7(2)9/h4H,1,5-6H2,2H3. The SMILES string of the molecule is C=C=CCOC(=O)CC(C)=O. The maximum Gasteiger partial charge on any atom is 0.313 e. The van der Waals surface area contributed by atoms with E-state index in [4.69, 9.17) is 0 Å². The van der Waals surface area contributed by atoms with E-state index in [1.165, 1.54) is 13.0 Å². The number of esters is 1. The molecule has 0 aromatic rings. The third kappa shape index (κ3) is 6.55. The summed E-state index contributed by atoms with van der Waals surface area (Å²) in [5.41, 5.74) is 2.44. The lowest BCUT2D eigenvalue weighted by Crippen LogP contribution is -2.08. The fourth-order valence-electron chi connectivity index (χ4n) is 0.448. The summed E-state index contributed by atoms with van der Waals surface area (Å²) in [7, 11) is 0. The van der Waals surface area contributed by atoms with Gasteiger partial charge in [-0.3, -0.25) is 9.59 Å². The molecule has 0 heterocycles. The first-order valence-corrected chi connectivity index (χ1v) is 3.16. The highest BCUT2D eigenvalue weighted by atomic mass is 16.5. The molecule has 0 bridgehead atoms. The van der Waals surface area contributed by atoms with Crippen LogP contribution in [0.1, 0.15) is 13.3 Å². The van der Waals surface area contributed by atoms with Crippen LogP contribution in [0.5, 0.6) is 0 Å². The number of ketones is 1. The maximum absolute atomic E-state index is 10.6. The number of ether oxygens (including phenoxy) is 1. The summed E-state index contributed by atoms with van der Waals surface area (Å²) in [6.07, 6.45) is 1.31. The molecule has 0 saturated heterocycles. The molecule has 0 radical (unpaired) electrons. The Morgan fingerprint density at radius 2 is 2.27 bits per heavy atom. The van der Waals surface area contributed by atoms with Crippen LogP contribution >= 0.6 is 0 Å². The molecule has 0 aliphatic rings. The van der Waals surface area contributed by atoms with E-state index in [1.54, 1.807) is 0 Å². The van der Waals surface area contributed by atoms with Crippen molar-refractivity contribution >= 4 is 11.8 Å². The predicted molar refractivity (Wildman–Crippen MR) is 40.0 cm³/mol. The van der Waals surface area contributed by atoms with Gasteiger partial charge in [-0.1, -0.05) is 6.58 Å². The molecule has 60 valence electrons. The quantitative estimate of drug-likeness (QED) is 0.342. The Kier molecular flexibility index (Phi) is 4.78. The van der Waals surface area contributed by atoms with Gasteiger partial charge in [0.25, 0.3) is 0 Å². The van der Waals surface area contributed by atoms with Gasteiger partial charge in [-0.05, 0) is 13.0 Å². The van der Waals surface area contributed by atoms with Crippen LogP contribution in [-0.2, 0) is 14.3 Å².